The van der Waals surface area contributed by atoms with Crippen molar-refractivity contribution in [3.8, 4) is 11.4 Å². The fourth-order valence-corrected chi connectivity index (χ4v) is 1.88. The van der Waals surface area contributed by atoms with Crippen molar-refractivity contribution in [2.24, 2.45) is 0 Å². The number of anilines is 1. The van der Waals surface area contributed by atoms with Crippen LogP contribution in [0.2, 0.25) is 0 Å². The number of aromatic amines is 1. The van der Waals surface area contributed by atoms with Gasteiger partial charge < -0.3 is 10.7 Å². The van der Waals surface area contributed by atoms with E-state index >= 15 is 0 Å². The molecule has 0 aliphatic rings. The normalized spacial score (nSPS) is 10.7. The second kappa shape index (κ2) is 5.22. The summed E-state index contributed by atoms with van der Waals surface area (Å²) in [6.07, 6.45) is 1.39. The Morgan fingerprint density at radius 2 is 2.16 bits per heavy atom. The van der Waals surface area contributed by atoms with Crippen molar-refractivity contribution in [1.82, 2.24) is 9.97 Å². The first kappa shape index (κ1) is 13.3. The number of nitrogens with one attached hydrogen (secondary N) is 1. The molecule has 0 aliphatic heterocycles. The molecule has 3 N–H and O–H groups in total. The van der Waals surface area contributed by atoms with Crippen LogP contribution in [0.4, 0.5) is 10.2 Å². The van der Waals surface area contributed by atoms with E-state index in [0.717, 1.165) is 6.42 Å². The third kappa shape index (κ3) is 2.65. The zero-order valence-corrected chi connectivity index (χ0v) is 11.0. The molecule has 0 atom stereocenters. The van der Waals surface area contributed by atoms with Crippen molar-refractivity contribution < 1.29 is 4.39 Å². The van der Waals surface area contributed by atoms with E-state index in [9.17, 15) is 9.18 Å². The van der Waals surface area contributed by atoms with Crippen LogP contribution in [0.5, 0.6) is 0 Å². The molecule has 0 unspecified atom stereocenters. The molecule has 100 valence electrons. The molecule has 1 aromatic heterocycles. The first-order valence-electron chi connectivity index (χ1n) is 6.18. The van der Waals surface area contributed by atoms with Crippen molar-refractivity contribution in [3.05, 3.63) is 45.5 Å². The number of nitrogens with two attached hydrogens (primary N) is 1. The maximum Gasteiger partial charge on any atom is 0.256 e. The molecule has 1 aromatic carbocycles. The van der Waals surface area contributed by atoms with Crippen LogP contribution in [0.25, 0.3) is 11.4 Å². The largest absolute Gasteiger partial charge is 0.383 e. The van der Waals surface area contributed by atoms with Gasteiger partial charge in [0.15, 0.2) is 0 Å². The van der Waals surface area contributed by atoms with Crippen molar-refractivity contribution in [1.29, 1.82) is 0 Å². The van der Waals surface area contributed by atoms with Crippen molar-refractivity contribution in [2.75, 3.05) is 5.73 Å². The summed E-state index contributed by atoms with van der Waals surface area (Å²) in [7, 11) is 0. The van der Waals surface area contributed by atoms with Gasteiger partial charge in [-0.15, -0.1) is 0 Å². The smallest absolute Gasteiger partial charge is 0.256 e. The SMILES string of the molecule is CCCc1c(N)nc(-c2ccc(C)c(F)c2)[nH]c1=O. The Morgan fingerprint density at radius 3 is 2.74 bits per heavy atom. The molecule has 1 heterocycles. The molecular weight excluding hydrogens is 245 g/mol. The Labute approximate surface area is 110 Å². The maximum absolute atomic E-state index is 13.5. The van der Waals surface area contributed by atoms with Gasteiger partial charge in [0.05, 0.1) is 5.56 Å². The quantitative estimate of drug-likeness (QED) is 0.891. The molecule has 0 spiro atoms. The summed E-state index contributed by atoms with van der Waals surface area (Å²) in [5.74, 6) is 0.166. The molecule has 0 bridgehead atoms. The predicted molar refractivity (Wildman–Crippen MR) is 73.4 cm³/mol. The van der Waals surface area contributed by atoms with Crippen molar-refractivity contribution in [2.45, 2.75) is 26.7 Å². The van der Waals surface area contributed by atoms with Gasteiger partial charge in [0, 0.05) is 5.56 Å². The molecule has 2 aromatic rings. The van der Waals surface area contributed by atoms with Crippen LogP contribution in [-0.2, 0) is 6.42 Å². The molecule has 2 rings (SSSR count). The van der Waals surface area contributed by atoms with Gasteiger partial charge in [0.2, 0.25) is 0 Å². The van der Waals surface area contributed by atoms with E-state index < -0.39 is 0 Å². The summed E-state index contributed by atoms with van der Waals surface area (Å²) in [5, 5.41) is 0. The van der Waals surface area contributed by atoms with Crippen LogP contribution < -0.4 is 11.3 Å². The van der Waals surface area contributed by atoms with E-state index in [0.29, 0.717) is 28.9 Å². The molecule has 0 saturated carbocycles. The number of aryl methyl sites for hydroxylation is 1. The van der Waals surface area contributed by atoms with E-state index in [1.807, 2.05) is 6.92 Å². The molecule has 0 saturated heterocycles. The van der Waals surface area contributed by atoms with Crippen LogP contribution >= 0.6 is 0 Å². The van der Waals surface area contributed by atoms with Gasteiger partial charge in [0.1, 0.15) is 17.5 Å². The third-order valence-corrected chi connectivity index (χ3v) is 2.99. The van der Waals surface area contributed by atoms with E-state index in [4.69, 9.17) is 5.73 Å². The van der Waals surface area contributed by atoms with Crippen LogP contribution in [0.1, 0.15) is 24.5 Å². The molecule has 0 amide bonds. The van der Waals surface area contributed by atoms with Gasteiger partial charge in [-0.1, -0.05) is 25.5 Å². The minimum atomic E-state index is -0.337. The second-order valence-corrected chi connectivity index (χ2v) is 4.49. The number of rotatable bonds is 3. The average Bonchev–Trinajstić information content (AvgIpc) is 2.37. The fourth-order valence-electron chi connectivity index (χ4n) is 1.88. The number of hydrogen-bond donors (Lipinski definition) is 2. The molecular formula is C14H16FN3O. The van der Waals surface area contributed by atoms with Crippen LogP contribution in [0.15, 0.2) is 23.0 Å². The molecule has 19 heavy (non-hydrogen) atoms. The summed E-state index contributed by atoms with van der Waals surface area (Å²) in [5.41, 5.74) is 7.07. The highest BCUT2D eigenvalue weighted by Crippen LogP contribution is 2.19. The molecule has 5 heteroatoms. The number of hydrogen-bond acceptors (Lipinski definition) is 3. The minimum Gasteiger partial charge on any atom is -0.383 e. The highest BCUT2D eigenvalue weighted by Gasteiger charge is 2.10. The van der Waals surface area contributed by atoms with E-state index in [2.05, 4.69) is 9.97 Å². The van der Waals surface area contributed by atoms with E-state index in [1.165, 1.54) is 6.07 Å². The zero-order chi connectivity index (χ0) is 14.0. The maximum atomic E-state index is 13.5. The Morgan fingerprint density at radius 1 is 1.42 bits per heavy atom. The lowest BCUT2D eigenvalue weighted by Gasteiger charge is -2.07. The lowest BCUT2D eigenvalue weighted by molar-refractivity contribution is 0.619. The number of nitrogens with zero attached hydrogens (tertiary/aromatic N) is 1. The van der Waals surface area contributed by atoms with Crippen LogP contribution in [0, 0.1) is 12.7 Å². The highest BCUT2D eigenvalue weighted by molar-refractivity contribution is 5.58. The van der Waals surface area contributed by atoms with E-state index in [-0.39, 0.29) is 17.2 Å². The summed E-state index contributed by atoms with van der Waals surface area (Å²) in [6, 6.07) is 4.68. The Balaban J connectivity index is 2.52. The highest BCUT2D eigenvalue weighted by atomic mass is 19.1. The topological polar surface area (TPSA) is 71.8 Å². The number of halogens is 1. The summed E-state index contributed by atoms with van der Waals surface area (Å²) in [4.78, 5) is 18.7. The van der Waals surface area contributed by atoms with Gasteiger partial charge >= 0.3 is 0 Å². The monoisotopic (exact) mass is 261 g/mol. The lowest BCUT2D eigenvalue weighted by Crippen LogP contribution is -2.18. The number of aromatic nitrogens is 2. The Bertz CT molecular complexity index is 664. The standard InChI is InChI=1S/C14H16FN3O/c1-3-4-10-12(16)17-13(18-14(10)19)9-6-5-8(2)11(15)7-9/h5-7H,3-4H2,1-2H3,(H3,16,17,18,19). The lowest BCUT2D eigenvalue weighted by atomic mass is 10.1. The van der Waals surface area contributed by atoms with Crippen molar-refractivity contribution >= 4 is 5.82 Å². The first-order chi connectivity index (χ1) is 9.02. The van der Waals surface area contributed by atoms with Crippen molar-refractivity contribution in [3.63, 3.8) is 0 Å². The van der Waals surface area contributed by atoms with Gasteiger partial charge in [-0.2, -0.15) is 0 Å². The molecule has 4 nitrogen and oxygen atoms in total. The predicted octanol–water partition coefficient (Wildman–Crippen LogP) is 2.42. The van der Waals surface area contributed by atoms with Gasteiger partial charge in [0.25, 0.3) is 5.56 Å². The Kier molecular flexibility index (Phi) is 3.64. The first-order valence-corrected chi connectivity index (χ1v) is 6.18. The van der Waals surface area contributed by atoms with Crippen LogP contribution in [-0.4, -0.2) is 9.97 Å². The number of H-pyrrole nitrogens is 1. The summed E-state index contributed by atoms with van der Waals surface area (Å²) in [6.45, 7) is 3.64. The molecule has 0 radical (unpaired) electrons. The number of benzene rings is 1. The van der Waals surface area contributed by atoms with Gasteiger partial charge in [-0.25, -0.2) is 9.37 Å². The fraction of sp³-hybridized carbons (Fsp3) is 0.286. The zero-order valence-electron chi connectivity index (χ0n) is 11.0. The van der Waals surface area contributed by atoms with Gasteiger partial charge in [-0.05, 0) is 25.0 Å². The van der Waals surface area contributed by atoms with Crippen LogP contribution in [0.3, 0.4) is 0 Å². The molecule has 0 fully saturated rings. The summed E-state index contributed by atoms with van der Waals surface area (Å²) >= 11 is 0. The minimum absolute atomic E-state index is 0.210. The number of nitrogen functional groups attached to an aromatic ring is 1. The Hall–Kier alpha value is -2.17. The summed E-state index contributed by atoms with van der Waals surface area (Å²) < 4.78 is 13.5. The van der Waals surface area contributed by atoms with Gasteiger partial charge in [-0.3, -0.25) is 4.79 Å². The third-order valence-electron chi connectivity index (χ3n) is 2.99. The van der Waals surface area contributed by atoms with E-state index in [1.54, 1.807) is 19.1 Å². The molecule has 0 aliphatic carbocycles. The average molecular weight is 261 g/mol. The second-order valence-electron chi connectivity index (χ2n) is 4.49.